The van der Waals surface area contributed by atoms with Gasteiger partial charge in [-0.3, -0.25) is 4.79 Å². The van der Waals surface area contributed by atoms with Crippen molar-refractivity contribution in [3.63, 3.8) is 0 Å². The average Bonchev–Trinajstić information content (AvgIpc) is 2.94. The number of carbonyl (C=O) groups is 1. The van der Waals surface area contributed by atoms with Gasteiger partial charge in [-0.25, -0.2) is 0 Å². The first kappa shape index (κ1) is 13.4. The minimum Gasteiger partial charge on any atom is -0.347 e. The van der Waals surface area contributed by atoms with Gasteiger partial charge in [0.25, 0.3) is 5.91 Å². The predicted octanol–water partition coefficient (Wildman–Crippen LogP) is 3.82. The summed E-state index contributed by atoms with van der Waals surface area (Å²) in [4.78, 5) is 12.1. The maximum atomic E-state index is 12.1. The number of halogens is 1. The summed E-state index contributed by atoms with van der Waals surface area (Å²) >= 11 is 5.05. The van der Waals surface area contributed by atoms with Crippen LogP contribution in [0.15, 0.2) is 33.6 Å². The molecule has 0 saturated carbocycles. The third-order valence-electron chi connectivity index (χ3n) is 2.64. The van der Waals surface area contributed by atoms with Crippen LogP contribution in [0.2, 0.25) is 0 Å². The Labute approximate surface area is 119 Å². The van der Waals surface area contributed by atoms with Crippen molar-refractivity contribution in [1.29, 1.82) is 0 Å². The summed E-state index contributed by atoms with van der Waals surface area (Å²) in [5, 5.41) is 6.98. The van der Waals surface area contributed by atoms with Crippen LogP contribution in [0.4, 0.5) is 0 Å². The smallest absolute Gasteiger partial charge is 0.268 e. The van der Waals surface area contributed by atoms with Gasteiger partial charge in [0.05, 0.1) is 0 Å². The molecule has 1 amide bonds. The van der Waals surface area contributed by atoms with Crippen molar-refractivity contribution in [2.45, 2.75) is 26.4 Å². The molecule has 0 aliphatic heterocycles. The van der Waals surface area contributed by atoms with Crippen molar-refractivity contribution >= 4 is 33.2 Å². The Kier molecular flexibility index (Phi) is 4.24. The standard InChI is InChI=1S/C13H15BrN2OS/c1-9(2)16-7-11(14)5-12(16)13(17)15-6-10-3-4-18-8-10/h3-5,7-9H,6H2,1-2H3,(H,15,17). The monoisotopic (exact) mass is 326 g/mol. The fourth-order valence-electron chi connectivity index (χ4n) is 1.72. The third-order valence-corrected chi connectivity index (χ3v) is 3.80. The van der Waals surface area contributed by atoms with Crippen LogP contribution in [0.1, 0.15) is 35.9 Å². The topological polar surface area (TPSA) is 34.0 Å². The second kappa shape index (κ2) is 5.71. The number of carbonyl (C=O) groups excluding carboxylic acids is 1. The Balaban J connectivity index is 2.09. The lowest BCUT2D eigenvalue weighted by molar-refractivity contribution is 0.0940. The van der Waals surface area contributed by atoms with E-state index in [4.69, 9.17) is 0 Å². The van der Waals surface area contributed by atoms with E-state index >= 15 is 0 Å². The molecule has 18 heavy (non-hydrogen) atoms. The van der Waals surface area contributed by atoms with Crippen LogP contribution in [-0.4, -0.2) is 10.5 Å². The van der Waals surface area contributed by atoms with Crippen molar-refractivity contribution < 1.29 is 4.79 Å². The van der Waals surface area contributed by atoms with E-state index in [1.165, 1.54) is 0 Å². The van der Waals surface area contributed by atoms with Gasteiger partial charge in [0.2, 0.25) is 0 Å². The van der Waals surface area contributed by atoms with Gasteiger partial charge < -0.3 is 9.88 Å². The van der Waals surface area contributed by atoms with Crippen LogP contribution in [0.3, 0.4) is 0 Å². The molecule has 0 atom stereocenters. The number of hydrogen-bond donors (Lipinski definition) is 1. The molecule has 2 aromatic heterocycles. The van der Waals surface area contributed by atoms with Gasteiger partial charge in [0.1, 0.15) is 5.69 Å². The van der Waals surface area contributed by atoms with Crippen LogP contribution >= 0.6 is 27.3 Å². The van der Waals surface area contributed by atoms with Gasteiger partial charge in [-0.2, -0.15) is 11.3 Å². The lowest BCUT2D eigenvalue weighted by atomic mass is 10.3. The highest BCUT2D eigenvalue weighted by molar-refractivity contribution is 9.10. The summed E-state index contributed by atoms with van der Waals surface area (Å²) in [5.74, 6) is -0.0411. The molecular weight excluding hydrogens is 312 g/mol. The van der Waals surface area contributed by atoms with Crippen molar-refractivity contribution in [2.24, 2.45) is 0 Å². The summed E-state index contributed by atoms with van der Waals surface area (Å²) in [6, 6.07) is 4.13. The first-order valence-electron chi connectivity index (χ1n) is 5.74. The summed E-state index contributed by atoms with van der Waals surface area (Å²) in [6.07, 6.45) is 1.93. The molecule has 0 bridgehead atoms. The van der Waals surface area contributed by atoms with Crippen molar-refractivity contribution in [3.05, 3.63) is 44.8 Å². The summed E-state index contributed by atoms with van der Waals surface area (Å²) in [5.41, 5.74) is 1.82. The Morgan fingerprint density at radius 3 is 2.94 bits per heavy atom. The number of aromatic nitrogens is 1. The van der Waals surface area contributed by atoms with Crippen LogP contribution < -0.4 is 5.32 Å². The summed E-state index contributed by atoms with van der Waals surface area (Å²) in [7, 11) is 0. The number of amides is 1. The van der Waals surface area contributed by atoms with Gasteiger partial charge >= 0.3 is 0 Å². The van der Waals surface area contributed by atoms with Crippen molar-refractivity contribution in [1.82, 2.24) is 9.88 Å². The molecule has 96 valence electrons. The Morgan fingerprint density at radius 1 is 1.56 bits per heavy atom. The van der Waals surface area contributed by atoms with E-state index in [1.54, 1.807) is 11.3 Å². The molecule has 1 N–H and O–H groups in total. The van der Waals surface area contributed by atoms with Gasteiger partial charge in [-0.05, 0) is 58.2 Å². The quantitative estimate of drug-likeness (QED) is 0.910. The summed E-state index contributed by atoms with van der Waals surface area (Å²) in [6.45, 7) is 4.69. The minimum atomic E-state index is -0.0411. The van der Waals surface area contributed by atoms with Gasteiger partial charge in [0, 0.05) is 23.3 Å². The Hall–Kier alpha value is -1.07. The van der Waals surface area contributed by atoms with Crippen LogP contribution in [-0.2, 0) is 6.54 Å². The fraction of sp³-hybridized carbons (Fsp3) is 0.308. The average molecular weight is 327 g/mol. The lowest BCUT2D eigenvalue weighted by Crippen LogP contribution is -2.25. The molecule has 2 heterocycles. The molecule has 0 aromatic carbocycles. The first-order valence-corrected chi connectivity index (χ1v) is 7.48. The highest BCUT2D eigenvalue weighted by Crippen LogP contribution is 2.19. The molecule has 0 aliphatic carbocycles. The molecule has 0 saturated heterocycles. The predicted molar refractivity (Wildman–Crippen MR) is 78.0 cm³/mol. The molecule has 0 radical (unpaired) electrons. The minimum absolute atomic E-state index is 0.0411. The van der Waals surface area contributed by atoms with Crippen molar-refractivity contribution in [2.75, 3.05) is 0 Å². The number of rotatable bonds is 4. The molecule has 0 unspecified atom stereocenters. The largest absolute Gasteiger partial charge is 0.347 e. The van der Waals surface area contributed by atoms with Gasteiger partial charge in [-0.1, -0.05) is 0 Å². The lowest BCUT2D eigenvalue weighted by Gasteiger charge is -2.12. The molecule has 3 nitrogen and oxygen atoms in total. The number of thiophene rings is 1. The van der Waals surface area contributed by atoms with E-state index < -0.39 is 0 Å². The zero-order valence-electron chi connectivity index (χ0n) is 10.3. The van der Waals surface area contributed by atoms with Crippen LogP contribution in [0.5, 0.6) is 0 Å². The second-order valence-corrected chi connectivity index (χ2v) is 6.05. The van der Waals surface area contributed by atoms with Gasteiger partial charge in [0.15, 0.2) is 0 Å². The molecular formula is C13H15BrN2OS. The highest BCUT2D eigenvalue weighted by atomic mass is 79.9. The van der Waals surface area contributed by atoms with E-state index in [2.05, 4.69) is 35.1 Å². The maximum absolute atomic E-state index is 12.1. The normalized spacial score (nSPS) is 10.9. The van der Waals surface area contributed by atoms with E-state index in [0.29, 0.717) is 12.2 Å². The third kappa shape index (κ3) is 3.03. The zero-order chi connectivity index (χ0) is 13.1. The van der Waals surface area contributed by atoms with E-state index in [9.17, 15) is 4.79 Å². The zero-order valence-corrected chi connectivity index (χ0v) is 12.7. The van der Waals surface area contributed by atoms with E-state index in [1.807, 2.05) is 33.7 Å². The summed E-state index contributed by atoms with van der Waals surface area (Å²) < 4.78 is 2.89. The number of nitrogens with zero attached hydrogens (tertiary/aromatic N) is 1. The van der Waals surface area contributed by atoms with E-state index in [-0.39, 0.29) is 11.9 Å². The van der Waals surface area contributed by atoms with Crippen LogP contribution in [0, 0.1) is 0 Å². The second-order valence-electron chi connectivity index (χ2n) is 4.36. The Morgan fingerprint density at radius 2 is 2.33 bits per heavy atom. The number of nitrogens with one attached hydrogen (secondary N) is 1. The number of hydrogen-bond acceptors (Lipinski definition) is 2. The highest BCUT2D eigenvalue weighted by Gasteiger charge is 2.14. The SMILES string of the molecule is CC(C)n1cc(Br)cc1C(=O)NCc1ccsc1. The molecule has 2 aromatic rings. The van der Waals surface area contributed by atoms with E-state index in [0.717, 1.165) is 10.0 Å². The molecule has 0 fully saturated rings. The Bertz CT molecular complexity index is 531. The fourth-order valence-corrected chi connectivity index (χ4v) is 2.83. The van der Waals surface area contributed by atoms with Crippen LogP contribution in [0.25, 0.3) is 0 Å². The van der Waals surface area contributed by atoms with Crippen molar-refractivity contribution in [3.8, 4) is 0 Å². The first-order chi connectivity index (χ1) is 8.58. The maximum Gasteiger partial charge on any atom is 0.268 e. The molecule has 5 heteroatoms. The molecule has 0 spiro atoms. The van der Waals surface area contributed by atoms with Gasteiger partial charge in [-0.15, -0.1) is 0 Å². The molecule has 2 rings (SSSR count). The molecule has 0 aliphatic rings.